The van der Waals surface area contributed by atoms with E-state index in [1.807, 2.05) is 29.7 Å². The zero-order valence-electron chi connectivity index (χ0n) is 15.5. The number of hydrogen-bond acceptors (Lipinski definition) is 4. The van der Waals surface area contributed by atoms with Gasteiger partial charge in [0.25, 0.3) is 5.56 Å². The van der Waals surface area contributed by atoms with Crippen LogP contribution in [0, 0.1) is 12.7 Å². The van der Waals surface area contributed by atoms with Crippen LogP contribution in [-0.4, -0.2) is 16.7 Å². The fourth-order valence-corrected chi connectivity index (χ4v) is 3.83. The summed E-state index contributed by atoms with van der Waals surface area (Å²) >= 11 is 5.99. The first-order chi connectivity index (χ1) is 13.5. The molecule has 0 radical (unpaired) electrons. The lowest BCUT2D eigenvalue weighted by Gasteiger charge is -2.21. The number of aryl methyl sites for hydroxylation is 2. The van der Waals surface area contributed by atoms with Gasteiger partial charge in [0, 0.05) is 17.4 Å². The van der Waals surface area contributed by atoms with E-state index >= 15 is 0 Å². The molecule has 0 saturated carbocycles. The van der Waals surface area contributed by atoms with Crippen LogP contribution < -0.4 is 15.6 Å². The van der Waals surface area contributed by atoms with Crippen LogP contribution in [0.5, 0.6) is 5.75 Å². The molecule has 0 fully saturated rings. The molecule has 3 aromatic rings. The standard InChI is InChI=1S/C21H19ClFN3O2/c1-12-9-15(28-2)5-7-18(12)24-21-25-20(27)11-14-4-8-19(26(14)21)13-3-6-17(23)16(22)10-13/h3,5-7,9-11,19H,4,8H2,1-2H3,(H,24,25,27). The van der Waals surface area contributed by atoms with Gasteiger partial charge in [0.15, 0.2) is 0 Å². The van der Waals surface area contributed by atoms with E-state index in [1.165, 1.54) is 6.07 Å². The molecule has 7 heteroatoms. The SMILES string of the molecule is COc1ccc(Nc2nc(=O)cc3n2C(c2ccc(F)c(Cl)c2)CC3)c(C)c1. The molecule has 1 atom stereocenters. The zero-order valence-corrected chi connectivity index (χ0v) is 16.3. The molecular weight excluding hydrogens is 381 g/mol. The van der Waals surface area contributed by atoms with Crippen LogP contribution in [0.3, 0.4) is 0 Å². The van der Waals surface area contributed by atoms with Gasteiger partial charge in [-0.1, -0.05) is 17.7 Å². The average molecular weight is 400 g/mol. The smallest absolute Gasteiger partial charge is 0.274 e. The number of fused-ring (bicyclic) bond motifs is 1. The van der Waals surface area contributed by atoms with Gasteiger partial charge in [-0.15, -0.1) is 0 Å². The monoisotopic (exact) mass is 399 g/mol. The maximum Gasteiger partial charge on any atom is 0.274 e. The summed E-state index contributed by atoms with van der Waals surface area (Å²) in [4.78, 5) is 16.3. The first-order valence-corrected chi connectivity index (χ1v) is 9.33. The van der Waals surface area contributed by atoms with Crippen molar-refractivity contribution in [3.63, 3.8) is 0 Å². The predicted octanol–water partition coefficient (Wildman–Crippen LogP) is 4.63. The Hall–Kier alpha value is -2.86. The number of benzene rings is 2. The number of hydrogen-bond donors (Lipinski definition) is 1. The van der Waals surface area contributed by atoms with Crippen molar-refractivity contribution < 1.29 is 9.13 Å². The summed E-state index contributed by atoms with van der Waals surface area (Å²) in [5.41, 5.74) is 3.27. The molecule has 5 nitrogen and oxygen atoms in total. The maximum atomic E-state index is 13.6. The predicted molar refractivity (Wildman–Crippen MR) is 107 cm³/mol. The van der Waals surface area contributed by atoms with Gasteiger partial charge in [0.2, 0.25) is 5.95 Å². The van der Waals surface area contributed by atoms with Gasteiger partial charge in [0.1, 0.15) is 11.6 Å². The van der Waals surface area contributed by atoms with Gasteiger partial charge < -0.3 is 14.6 Å². The van der Waals surface area contributed by atoms with Crippen molar-refractivity contribution in [1.82, 2.24) is 9.55 Å². The first-order valence-electron chi connectivity index (χ1n) is 8.95. The summed E-state index contributed by atoms with van der Waals surface area (Å²) in [6, 6.07) is 11.8. The molecule has 144 valence electrons. The summed E-state index contributed by atoms with van der Waals surface area (Å²) in [5.74, 6) is 0.762. The third-order valence-electron chi connectivity index (χ3n) is 5.04. The topological polar surface area (TPSA) is 56.1 Å². The highest BCUT2D eigenvalue weighted by Crippen LogP contribution is 2.36. The second-order valence-corrected chi connectivity index (χ2v) is 7.22. The van der Waals surface area contributed by atoms with Gasteiger partial charge in [0.05, 0.1) is 18.2 Å². The normalized spacial score (nSPS) is 15.4. The second-order valence-electron chi connectivity index (χ2n) is 6.81. The van der Waals surface area contributed by atoms with E-state index < -0.39 is 5.82 Å². The van der Waals surface area contributed by atoms with E-state index in [0.717, 1.165) is 41.1 Å². The third-order valence-corrected chi connectivity index (χ3v) is 5.33. The van der Waals surface area contributed by atoms with Crippen LogP contribution in [0.15, 0.2) is 47.3 Å². The molecule has 0 aliphatic carbocycles. The maximum absolute atomic E-state index is 13.6. The molecule has 1 aliphatic heterocycles. The van der Waals surface area contributed by atoms with Gasteiger partial charge in [-0.3, -0.25) is 4.79 Å². The number of aromatic nitrogens is 2. The minimum absolute atomic E-state index is 0.0812. The lowest BCUT2D eigenvalue weighted by molar-refractivity contribution is 0.414. The van der Waals surface area contributed by atoms with Gasteiger partial charge in [-0.2, -0.15) is 4.98 Å². The van der Waals surface area contributed by atoms with E-state index in [1.54, 1.807) is 25.3 Å². The van der Waals surface area contributed by atoms with E-state index in [9.17, 15) is 9.18 Å². The second kappa shape index (κ2) is 7.28. The van der Waals surface area contributed by atoms with Crippen LogP contribution in [0.4, 0.5) is 16.0 Å². The van der Waals surface area contributed by atoms with Crippen LogP contribution in [0.1, 0.15) is 29.3 Å². The molecule has 1 aromatic heterocycles. The van der Waals surface area contributed by atoms with E-state index in [4.69, 9.17) is 16.3 Å². The molecule has 2 heterocycles. The summed E-state index contributed by atoms with van der Waals surface area (Å²) in [5, 5.41) is 3.36. The molecule has 0 saturated heterocycles. The number of anilines is 2. The van der Waals surface area contributed by atoms with Gasteiger partial charge >= 0.3 is 0 Å². The van der Waals surface area contributed by atoms with Crippen molar-refractivity contribution in [2.45, 2.75) is 25.8 Å². The molecule has 28 heavy (non-hydrogen) atoms. The number of halogens is 2. The van der Waals surface area contributed by atoms with Crippen molar-refractivity contribution in [2.24, 2.45) is 0 Å². The third kappa shape index (κ3) is 3.36. The van der Waals surface area contributed by atoms with Crippen LogP contribution >= 0.6 is 11.6 Å². The van der Waals surface area contributed by atoms with Crippen molar-refractivity contribution >= 4 is 23.2 Å². The van der Waals surface area contributed by atoms with Gasteiger partial charge in [-0.05, 0) is 61.2 Å². The van der Waals surface area contributed by atoms with E-state index in [0.29, 0.717) is 5.95 Å². The Labute approximate surface area is 166 Å². The number of methoxy groups -OCH3 is 1. The molecule has 2 aromatic carbocycles. The summed E-state index contributed by atoms with van der Waals surface area (Å²) in [6.45, 7) is 1.95. The van der Waals surface area contributed by atoms with Gasteiger partial charge in [-0.25, -0.2) is 4.39 Å². The molecule has 0 amide bonds. The lowest BCUT2D eigenvalue weighted by atomic mass is 10.0. The number of nitrogens with one attached hydrogen (secondary N) is 1. The van der Waals surface area contributed by atoms with E-state index in [-0.39, 0.29) is 16.6 Å². The Bertz CT molecular complexity index is 1110. The van der Waals surface area contributed by atoms with Crippen molar-refractivity contribution in [3.05, 3.63) is 80.5 Å². The highest BCUT2D eigenvalue weighted by Gasteiger charge is 2.27. The Morgan fingerprint density at radius 1 is 1.25 bits per heavy atom. The quantitative estimate of drug-likeness (QED) is 0.694. The Morgan fingerprint density at radius 3 is 2.79 bits per heavy atom. The fraction of sp³-hybridized carbons (Fsp3) is 0.238. The Kier molecular flexibility index (Phi) is 4.81. The minimum atomic E-state index is -0.450. The molecule has 0 bridgehead atoms. The molecule has 1 aliphatic rings. The number of rotatable bonds is 4. The Balaban J connectivity index is 1.77. The molecule has 1 N–H and O–H groups in total. The minimum Gasteiger partial charge on any atom is -0.497 e. The summed E-state index contributed by atoms with van der Waals surface area (Å²) in [6.07, 6.45) is 1.51. The van der Waals surface area contributed by atoms with Crippen molar-refractivity contribution in [2.75, 3.05) is 12.4 Å². The van der Waals surface area contributed by atoms with Crippen molar-refractivity contribution in [3.8, 4) is 5.75 Å². The molecular formula is C21H19ClFN3O2. The van der Waals surface area contributed by atoms with Crippen molar-refractivity contribution in [1.29, 1.82) is 0 Å². The molecule has 1 unspecified atom stereocenters. The molecule has 4 rings (SSSR count). The summed E-state index contributed by atoms with van der Waals surface area (Å²) < 4.78 is 20.8. The zero-order chi connectivity index (χ0) is 19.8. The van der Waals surface area contributed by atoms with Crippen LogP contribution in [-0.2, 0) is 6.42 Å². The highest BCUT2D eigenvalue weighted by molar-refractivity contribution is 6.30. The fourth-order valence-electron chi connectivity index (χ4n) is 3.64. The average Bonchev–Trinajstić information content (AvgIpc) is 3.09. The van der Waals surface area contributed by atoms with Crippen LogP contribution in [0.25, 0.3) is 0 Å². The lowest BCUT2D eigenvalue weighted by Crippen LogP contribution is -2.19. The number of nitrogens with zero attached hydrogens (tertiary/aromatic N) is 2. The Morgan fingerprint density at radius 2 is 2.07 bits per heavy atom. The van der Waals surface area contributed by atoms with Crippen LogP contribution in [0.2, 0.25) is 5.02 Å². The highest BCUT2D eigenvalue weighted by atomic mass is 35.5. The number of ether oxygens (including phenoxy) is 1. The molecule has 0 spiro atoms. The largest absolute Gasteiger partial charge is 0.497 e. The summed E-state index contributed by atoms with van der Waals surface area (Å²) in [7, 11) is 1.62. The first kappa shape index (κ1) is 18.5. The van der Waals surface area contributed by atoms with E-state index in [2.05, 4.69) is 10.3 Å².